The Hall–Kier alpha value is 0.995. The van der Waals surface area contributed by atoms with Crippen LogP contribution in [0.3, 0.4) is 0 Å². The van der Waals surface area contributed by atoms with E-state index >= 15 is 0 Å². The Morgan fingerprint density at radius 3 is 2.61 bits per heavy atom. The van der Waals surface area contributed by atoms with E-state index in [2.05, 4.69) is 29.3 Å². The van der Waals surface area contributed by atoms with E-state index in [1.54, 1.807) is 18.0 Å². The topological polar surface area (TPSA) is 102 Å². The number of ether oxygens (including phenoxy) is 1. The fourth-order valence-corrected chi connectivity index (χ4v) is 6.82. The maximum Gasteiger partial charge on any atom is 1.00 e. The molecule has 2 aliphatic heterocycles. The zero-order valence-electron chi connectivity index (χ0n) is 22.4. The van der Waals surface area contributed by atoms with Gasteiger partial charge in [-0.15, -0.1) is 17.3 Å². The van der Waals surface area contributed by atoms with Crippen LogP contribution in [0.15, 0.2) is 18.2 Å². The number of carbonyl (C=O) groups excluding carboxylic acids is 1. The van der Waals surface area contributed by atoms with E-state index in [1.165, 1.54) is 11.8 Å². The molecule has 2 aliphatic rings. The number of nitrogens with zero attached hydrogens (tertiary/aromatic N) is 1. The van der Waals surface area contributed by atoms with Crippen molar-refractivity contribution in [2.75, 3.05) is 19.8 Å². The average Bonchev–Trinajstić information content (AvgIpc) is 3.21. The van der Waals surface area contributed by atoms with Crippen LogP contribution in [-0.4, -0.2) is 93.2 Å². The largest absolute Gasteiger partial charge is 1.00 e. The summed E-state index contributed by atoms with van der Waals surface area (Å²) < 4.78 is 6.09. The summed E-state index contributed by atoms with van der Waals surface area (Å²) in [6.07, 6.45) is 0.0814. The van der Waals surface area contributed by atoms with E-state index in [4.69, 9.17) is 4.74 Å². The predicted octanol–water partition coefficient (Wildman–Crippen LogP) is -0.803. The minimum Gasteiger partial charge on any atom is -0.388 e. The average molecular weight is 611 g/mol. The Bertz CT molecular complexity index is 818. The molecule has 198 valence electrons. The van der Waals surface area contributed by atoms with Crippen molar-refractivity contribution in [1.82, 2.24) is 10.2 Å². The SMILES string of the molecule is CCC[C@@H]1C[C@@H](C(=O)N[C@@H](C2OC(SC)C(O)C(O)C2O)[C@H](C)SCc2c[c-]c(C)cc2)N(C)C1.[Rb+]. The van der Waals surface area contributed by atoms with Crippen molar-refractivity contribution in [3.63, 3.8) is 0 Å². The van der Waals surface area contributed by atoms with Gasteiger partial charge in [0.2, 0.25) is 5.91 Å². The standard InChI is InChI=1S/C26H41N2O5S2.Rb/c1-6-7-18-12-19(28(4)13-18)25(32)27-20(16(3)35-14-17-10-8-15(2)9-11-17)24-22(30)21(29)23(31)26(33-24)34-5;/h8,10-11,16,18-24,26,29-31H,6-7,12-14H2,1-5H3,(H,27,32);/q-1;+1/t16-,18+,19-,20+,21?,22?,23?,24?,26?;/m0./s1. The van der Waals surface area contributed by atoms with E-state index in [-0.39, 0.29) is 75.4 Å². The molecule has 4 N–H and O–H groups in total. The zero-order chi connectivity index (χ0) is 25.7. The van der Waals surface area contributed by atoms with Crippen LogP contribution in [0, 0.1) is 18.9 Å². The fraction of sp³-hybridized carbons (Fsp3) is 0.731. The van der Waals surface area contributed by atoms with Crippen LogP contribution < -0.4 is 63.5 Å². The second-order valence-corrected chi connectivity index (χ2v) is 12.3. The van der Waals surface area contributed by atoms with Crippen LogP contribution in [0.2, 0.25) is 0 Å². The smallest absolute Gasteiger partial charge is 0.388 e. The molecule has 1 amide bonds. The van der Waals surface area contributed by atoms with Crippen LogP contribution >= 0.6 is 23.5 Å². The number of rotatable bonds is 10. The molecule has 10 heteroatoms. The summed E-state index contributed by atoms with van der Waals surface area (Å²) in [4.78, 5) is 15.6. The Morgan fingerprint density at radius 2 is 2.00 bits per heavy atom. The van der Waals surface area contributed by atoms with Gasteiger partial charge in [0, 0.05) is 11.8 Å². The Kier molecular flexibility index (Phi) is 14.5. The first-order chi connectivity index (χ1) is 16.7. The Labute approximate surface area is 273 Å². The van der Waals surface area contributed by atoms with Crippen LogP contribution in [-0.2, 0) is 15.3 Å². The molecule has 2 saturated heterocycles. The quantitative estimate of drug-likeness (QED) is 0.256. The van der Waals surface area contributed by atoms with Gasteiger partial charge in [-0.25, -0.2) is 0 Å². The molecule has 0 bridgehead atoms. The fourth-order valence-electron chi connectivity index (χ4n) is 5.08. The monoisotopic (exact) mass is 610 g/mol. The molecule has 3 rings (SSSR count). The number of carbonyl (C=O) groups is 1. The number of hydrogen-bond donors (Lipinski definition) is 4. The van der Waals surface area contributed by atoms with Gasteiger partial charge in [0.25, 0.3) is 0 Å². The summed E-state index contributed by atoms with van der Waals surface area (Å²) in [6, 6.07) is 8.50. The van der Waals surface area contributed by atoms with Crippen LogP contribution in [0.5, 0.6) is 0 Å². The second-order valence-electron chi connectivity index (χ2n) is 9.95. The molecule has 0 saturated carbocycles. The third kappa shape index (κ3) is 8.50. The van der Waals surface area contributed by atoms with Crippen LogP contribution in [0.25, 0.3) is 0 Å². The van der Waals surface area contributed by atoms with Gasteiger partial charge in [0.15, 0.2) is 0 Å². The number of benzene rings is 1. The summed E-state index contributed by atoms with van der Waals surface area (Å²) in [6.45, 7) is 7.07. The number of aliphatic hydroxyl groups excluding tert-OH is 3. The summed E-state index contributed by atoms with van der Waals surface area (Å²) >= 11 is 2.93. The van der Waals surface area contributed by atoms with Gasteiger partial charge < -0.3 is 25.4 Å². The third-order valence-corrected chi connectivity index (χ3v) is 9.36. The molecule has 0 aromatic heterocycles. The molecular formula is C26H41N2O5RbS2. The molecule has 2 heterocycles. The van der Waals surface area contributed by atoms with Gasteiger partial charge in [-0.2, -0.15) is 41.6 Å². The van der Waals surface area contributed by atoms with Crippen molar-refractivity contribution in [3.05, 3.63) is 35.4 Å². The maximum atomic E-state index is 13.5. The summed E-state index contributed by atoms with van der Waals surface area (Å²) in [7, 11) is 1.98. The molecule has 0 aliphatic carbocycles. The van der Waals surface area contributed by atoms with Gasteiger partial charge in [-0.1, -0.05) is 27.2 Å². The number of thioether (sulfide) groups is 2. The van der Waals surface area contributed by atoms with Gasteiger partial charge in [-0.3, -0.25) is 9.69 Å². The molecule has 9 atom stereocenters. The van der Waals surface area contributed by atoms with Crippen molar-refractivity contribution in [3.8, 4) is 0 Å². The van der Waals surface area contributed by atoms with Crippen molar-refractivity contribution in [2.45, 2.75) is 93.0 Å². The van der Waals surface area contributed by atoms with Gasteiger partial charge in [-0.05, 0) is 37.8 Å². The first kappa shape index (κ1) is 33.2. The molecule has 7 nitrogen and oxygen atoms in total. The molecule has 5 unspecified atom stereocenters. The van der Waals surface area contributed by atoms with E-state index in [0.29, 0.717) is 11.7 Å². The van der Waals surface area contributed by atoms with Crippen LogP contribution in [0.4, 0.5) is 0 Å². The first-order valence-corrected chi connectivity index (χ1v) is 14.8. The zero-order valence-corrected chi connectivity index (χ0v) is 28.9. The predicted molar refractivity (Wildman–Crippen MR) is 142 cm³/mol. The van der Waals surface area contributed by atoms with Gasteiger partial charge in [0.05, 0.1) is 12.1 Å². The normalized spacial score (nSPS) is 32.5. The molecule has 1 aromatic rings. The number of amides is 1. The van der Waals surface area contributed by atoms with Gasteiger partial charge in [0.1, 0.15) is 29.9 Å². The van der Waals surface area contributed by atoms with E-state index in [1.807, 2.05) is 33.0 Å². The number of aliphatic hydroxyl groups is 3. The number of likely N-dealkylation sites (N-methyl/N-ethyl adjacent to an activating group) is 1. The minimum atomic E-state index is -1.35. The van der Waals surface area contributed by atoms with Gasteiger partial charge >= 0.3 is 58.2 Å². The Morgan fingerprint density at radius 1 is 1.28 bits per heavy atom. The molecule has 0 radical (unpaired) electrons. The minimum absolute atomic E-state index is 0. The summed E-state index contributed by atoms with van der Waals surface area (Å²) in [5, 5.41) is 34.8. The number of likely N-dealkylation sites (tertiary alicyclic amines) is 1. The van der Waals surface area contributed by atoms with Crippen molar-refractivity contribution in [1.29, 1.82) is 0 Å². The van der Waals surface area contributed by atoms with Crippen molar-refractivity contribution in [2.24, 2.45) is 5.92 Å². The summed E-state index contributed by atoms with van der Waals surface area (Å²) in [5.74, 6) is 1.13. The second kappa shape index (κ2) is 15.7. The summed E-state index contributed by atoms with van der Waals surface area (Å²) in [5.41, 5.74) is 1.51. The van der Waals surface area contributed by atoms with Crippen LogP contribution in [0.1, 0.15) is 44.2 Å². The number of aryl methyl sites for hydroxylation is 1. The number of nitrogens with one attached hydrogen (secondary N) is 1. The first-order valence-electron chi connectivity index (χ1n) is 12.5. The third-order valence-electron chi connectivity index (χ3n) is 7.19. The van der Waals surface area contributed by atoms with Crippen molar-refractivity contribution < 1.29 is 83.0 Å². The number of hydrogen-bond acceptors (Lipinski definition) is 8. The van der Waals surface area contributed by atoms with E-state index in [9.17, 15) is 20.1 Å². The molecule has 36 heavy (non-hydrogen) atoms. The maximum absolute atomic E-state index is 13.5. The van der Waals surface area contributed by atoms with Crippen molar-refractivity contribution >= 4 is 29.4 Å². The van der Waals surface area contributed by atoms with E-state index in [0.717, 1.165) is 36.9 Å². The molecule has 2 fully saturated rings. The molecule has 1 aromatic carbocycles. The Balaban J connectivity index is 0.00000456. The molecular weight excluding hydrogens is 570 g/mol. The molecule has 0 spiro atoms. The van der Waals surface area contributed by atoms with E-state index < -0.39 is 35.9 Å².